The van der Waals surface area contributed by atoms with Crippen LogP contribution >= 0.6 is 7.82 Å². The highest BCUT2D eigenvalue weighted by molar-refractivity contribution is 7.45. The molecule has 0 rings (SSSR count). The lowest BCUT2D eigenvalue weighted by Crippen LogP contribution is -2.46. The Hall–Kier alpha value is -0.500. The van der Waals surface area contributed by atoms with Gasteiger partial charge in [0.05, 0.1) is 39.9 Å². The molecule has 0 aliphatic heterocycles. The minimum atomic E-state index is -4.58. The van der Waals surface area contributed by atoms with Gasteiger partial charge in [-0.3, -0.25) is 9.36 Å². The van der Waals surface area contributed by atoms with Gasteiger partial charge in [-0.25, -0.2) is 0 Å². The Kier molecular flexibility index (Phi) is 68.5. The molecule has 3 atom stereocenters. The second-order valence-corrected chi connectivity index (χ2v) is 30.2. The molecule has 0 aromatic rings. The van der Waals surface area contributed by atoms with Gasteiger partial charge in [-0.15, -0.1) is 0 Å². The van der Waals surface area contributed by atoms with Crippen LogP contribution in [-0.4, -0.2) is 68.5 Å². The first-order valence-electron chi connectivity index (χ1n) is 39.4. The first-order valence-corrected chi connectivity index (χ1v) is 40.8. The Morgan fingerprint density at radius 2 is 0.570 bits per heavy atom. The fourth-order valence-electron chi connectivity index (χ4n) is 12.8. The van der Waals surface area contributed by atoms with Crippen molar-refractivity contribution in [3.05, 3.63) is 0 Å². The molecule has 0 aromatic heterocycles. The van der Waals surface area contributed by atoms with Crippen molar-refractivity contribution < 1.29 is 32.9 Å². The average molecular weight is 1240 g/mol. The number of likely N-dealkylation sites (N-methyl/N-ethyl adjacent to an activating group) is 1. The zero-order chi connectivity index (χ0) is 62.6. The van der Waals surface area contributed by atoms with Crippen molar-refractivity contribution in [2.75, 3.05) is 40.9 Å². The van der Waals surface area contributed by atoms with Crippen LogP contribution in [0.5, 0.6) is 0 Å². The van der Waals surface area contributed by atoms with Crippen molar-refractivity contribution >= 4 is 13.7 Å². The van der Waals surface area contributed by atoms with Crippen LogP contribution in [0.1, 0.15) is 438 Å². The summed E-state index contributed by atoms with van der Waals surface area (Å²) < 4.78 is 23.6. The number of nitrogens with one attached hydrogen (secondary N) is 1. The second kappa shape index (κ2) is 68.9. The maximum atomic E-state index is 13.1. The van der Waals surface area contributed by atoms with Gasteiger partial charge in [0, 0.05) is 6.42 Å². The summed E-state index contributed by atoms with van der Waals surface area (Å²) in [6, 6.07) is -0.798. The quantitative estimate of drug-likeness (QED) is 0.0357. The van der Waals surface area contributed by atoms with Gasteiger partial charge < -0.3 is 28.8 Å². The number of amides is 1. The van der Waals surface area contributed by atoms with Gasteiger partial charge in [0.1, 0.15) is 13.2 Å². The monoisotopic (exact) mass is 1240 g/mol. The van der Waals surface area contributed by atoms with E-state index in [2.05, 4.69) is 19.2 Å². The predicted molar refractivity (Wildman–Crippen MR) is 376 cm³/mol. The van der Waals surface area contributed by atoms with Crippen LogP contribution in [0.15, 0.2) is 0 Å². The zero-order valence-corrected chi connectivity index (χ0v) is 60.2. The van der Waals surface area contributed by atoms with E-state index in [4.69, 9.17) is 9.05 Å². The first kappa shape index (κ1) is 85.5. The lowest BCUT2D eigenvalue weighted by atomic mass is 10.0. The van der Waals surface area contributed by atoms with E-state index in [1.54, 1.807) is 0 Å². The third kappa shape index (κ3) is 70.9. The van der Waals surface area contributed by atoms with Gasteiger partial charge in [0.15, 0.2) is 0 Å². The van der Waals surface area contributed by atoms with Gasteiger partial charge >= 0.3 is 0 Å². The molecule has 0 saturated heterocycles. The number of unbranched alkanes of at least 4 members (excludes halogenated alkanes) is 62. The number of quaternary nitrogens is 1. The highest BCUT2D eigenvalue weighted by atomic mass is 31.2. The molecule has 0 heterocycles. The molecule has 0 radical (unpaired) electrons. The summed E-state index contributed by atoms with van der Waals surface area (Å²) in [5, 5.41) is 14.1. The fraction of sp³-hybridized carbons (Fsp3) is 0.987. The van der Waals surface area contributed by atoms with Crippen molar-refractivity contribution in [3.63, 3.8) is 0 Å². The summed E-state index contributed by atoms with van der Waals surface area (Å²) in [6.07, 6.45) is 88.0. The van der Waals surface area contributed by atoms with Crippen molar-refractivity contribution in [1.82, 2.24) is 5.32 Å². The van der Waals surface area contributed by atoms with E-state index in [1.165, 1.54) is 372 Å². The number of carbonyl (C=O) groups excluding carboxylic acids is 1. The molecule has 0 saturated carbocycles. The van der Waals surface area contributed by atoms with Gasteiger partial charge in [0.25, 0.3) is 7.82 Å². The molecule has 0 spiro atoms. The summed E-state index contributed by atoms with van der Waals surface area (Å²) in [5.41, 5.74) is 0. The lowest BCUT2D eigenvalue weighted by molar-refractivity contribution is -0.870. The van der Waals surface area contributed by atoms with Crippen molar-refractivity contribution in [1.29, 1.82) is 0 Å². The van der Waals surface area contributed by atoms with E-state index in [9.17, 15) is 19.4 Å². The number of rotatable bonds is 75. The number of carbonyl (C=O) groups is 1. The summed E-state index contributed by atoms with van der Waals surface area (Å²) in [4.78, 5) is 25.7. The Morgan fingerprint density at radius 1 is 0.360 bits per heavy atom. The number of phosphoric ester groups is 1. The van der Waals surface area contributed by atoms with Crippen LogP contribution in [-0.2, 0) is 18.4 Å². The Balaban J connectivity index is 3.90. The number of hydrogen-bond donors (Lipinski definition) is 2. The van der Waals surface area contributed by atoms with Crippen LogP contribution < -0.4 is 10.2 Å². The third-order valence-corrected chi connectivity index (χ3v) is 19.8. The van der Waals surface area contributed by atoms with E-state index in [0.717, 1.165) is 38.5 Å². The highest BCUT2D eigenvalue weighted by Crippen LogP contribution is 2.38. The molecule has 0 bridgehead atoms. The van der Waals surface area contributed by atoms with E-state index < -0.39 is 20.0 Å². The molecule has 8 nitrogen and oxygen atoms in total. The topological polar surface area (TPSA) is 108 Å². The van der Waals surface area contributed by atoms with Crippen LogP contribution in [0.25, 0.3) is 0 Å². The van der Waals surface area contributed by atoms with E-state index in [1.807, 2.05) is 21.1 Å². The first-order chi connectivity index (χ1) is 42.0. The SMILES string of the molecule is CCCCCCCCCCCCCCCCCCCCCCCCCCCCCCCCCCCCC(=O)NC(COP(=O)([O-])OCC[N+](C)(C)C)C(O)CCCCCCCCCCCCCCCCCCCCCCCCCCCCCCCC. The van der Waals surface area contributed by atoms with Crippen LogP contribution in [0, 0.1) is 0 Å². The van der Waals surface area contributed by atoms with Crippen molar-refractivity contribution in [2.45, 2.75) is 450 Å². The molecular weight excluding hydrogens is 1080 g/mol. The standard InChI is InChI=1S/C77H157N2O6P/c1-6-8-10-12-14-16-18-20-22-24-26-28-30-32-34-36-38-39-40-41-43-45-47-49-51-53-55-57-59-61-63-65-67-69-71-77(81)78-75(74-85-86(82,83)84-73-72-79(3,4)5)76(80)70-68-66-64-62-60-58-56-54-52-50-48-46-44-42-37-35-33-31-29-27-25-23-21-19-17-15-13-11-9-7-2/h75-76,80H,6-74H2,1-5H3,(H-,78,81,82,83). The molecular formula is C77H157N2O6P. The third-order valence-electron chi connectivity index (χ3n) is 18.8. The van der Waals surface area contributed by atoms with Crippen molar-refractivity contribution in [3.8, 4) is 0 Å². The molecule has 1 amide bonds. The molecule has 0 aliphatic rings. The molecule has 3 unspecified atom stereocenters. The molecule has 0 fully saturated rings. The van der Waals surface area contributed by atoms with Crippen LogP contribution in [0.3, 0.4) is 0 Å². The molecule has 0 aromatic carbocycles. The Morgan fingerprint density at radius 3 is 0.791 bits per heavy atom. The smallest absolute Gasteiger partial charge is 0.268 e. The summed E-state index contributed by atoms with van der Waals surface area (Å²) in [7, 11) is 1.33. The maximum absolute atomic E-state index is 13.1. The molecule has 86 heavy (non-hydrogen) atoms. The predicted octanol–water partition coefficient (Wildman–Crippen LogP) is 24.8. The van der Waals surface area contributed by atoms with E-state index >= 15 is 0 Å². The van der Waals surface area contributed by atoms with E-state index in [0.29, 0.717) is 23.9 Å². The second-order valence-electron chi connectivity index (χ2n) is 28.8. The Labute approximate surface area is 540 Å². The molecule has 9 heteroatoms. The summed E-state index contributed by atoms with van der Waals surface area (Å²) in [6.45, 7) is 4.81. The minimum absolute atomic E-state index is 0.0171. The molecule has 0 aliphatic carbocycles. The average Bonchev–Trinajstić information content (AvgIpc) is 3.70. The van der Waals surface area contributed by atoms with Crippen LogP contribution in [0.4, 0.5) is 0 Å². The van der Waals surface area contributed by atoms with Gasteiger partial charge in [-0.1, -0.05) is 418 Å². The number of nitrogens with zero attached hydrogens (tertiary/aromatic N) is 1. The fourth-order valence-corrected chi connectivity index (χ4v) is 13.5. The maximum Gasteiger partial charge on any atom is 0.268 e. The van der Waals surface area contributed by atoms with Crippen molar-refractivity contribution in [2.24, 2.45) is 0 Å². The number of phosphoric acid groups is 1. The lowest BCUT2D eigenvalue weighted by Gasteiger charge is -2.30. The normalized spacial score (nSPS) is 13.4. The number of hydrogen-bond acceptors (Lipinski definition) is 6. The summed E-state index contributed by atoms with van der Waals surface area (Å²) in [5.74, 6) is -0.152. The zero-order valence-electron chi connectivity index (χ0n) is 59.3. The number of aliphatic hydroxyl groups is 1. The minimum Gasteiger partial charge on any atom is -0.756 e. The number of aliphatic hydroxyl groups excluding tert-OH is 1. The Bertz CT molecular complexity index is 1360. The molecule has 2 N–H and O–H groups in total. The van der Waals surface area contributed by atoms with Gasteiger partial charge in [-0.2, -0.15) is 0 Å². The van der Waals surface area contributed by atoms with E-state index in [-0.39, 0.29) is 19.1 Å². The van der Waals surface area contributed by atoms with Crippen LogP contribution in [0.2, 0.25) is 0 Å². The molecule has 516 valence electrons. The van der Waals surface area contributed by atoms with Gasteiger partial charge in [-0.05, 0) is 12.8 Å². The summed E-state index contributed by atoms with van der Waals surface area (Å²) >= 11 is 0. The van der Waals surface area contributed by atoms with Gasteiger partial charge in [0.2, 0.25) is 5.91 Å². The highest BCUT2D eigenvalue weighted by Gasteiger charge is 2.24. The largest absolute Gasteiger partial charge is 0.756 e.